The highest BCUT2D eigenvalue weighted by atomic mass is 19.3. The molecule has 1 aliphatic heterocycles. The van der Waals surface area contributed by atoms with Gasteiger partial charge in [0.05, 0.1) is 0 Å². The van der Waals surface area contributed by atoms with Crippen LogP contribution in [-0.4, -0.2) is 25.6 Å². The topological polar surface area (TPSA) is 38.0 Å². The molecule has 0 saturated carbocycles. The number of nitrogens with one attached hydrogen (secondary N) is 1. The molecule has 1 rings (SSSR count). The Balaban J connectivity index is 2.33. The van der Waals surface area contributed by atoms with Crippen LogP contribution in [0, 0.1) is 5.92 Å². The fraction of sp³-hybridized carbons (Fsp3) is 1.00. The third kappa shape index (κ3) is 1.44. The maximum Gasteiger partial charge on any atom is 0.254 e. The average molecular weight is 150 g/mol. The largest absolute Gasteiger partial charge is 0.330 e. The zero-order chi connectivity index (χ0) is 7.61. The molecule has 60 valence electrons. The first-order chi connectivity index (χ1) is 4.67. The lowest BCUT2D eigenvalue weighted by molar-refractivity contribution is -0.0805. The molecule has 1 heterocycles. The Morgan fingerprint density at radius 1 is 1.50 bits per heavy atom. The summed E-state index contributed by atoms with van der Waals surface area (Å²) in [6.07, 6.45) is -0.181. The zero-order valence-corrected chi connectivity index (χ0v) is 5.74. The summed E-state index contributed by atoms with van der Waals surface area (Å²) in [5.41, 5.74) is 5.03. The fourth-order valence-corrected chi connectivity index (χ4v) is 0.984. The van der Waals surface area contributed by atoms with Crippen LogP contribution in [0.15, 0.2) is 0 Å². The van der Waals surface area contributed by atoms with Crippen LogP contribution >= 0.6 is 0 Å². The highest BCUT2D eigenvalue weighted by molar-refractivity contribution is 4.87. The van der Waals surface area contributed by atoms with E-state index in [0.29, 0.717) is 13.1 Å². The van der Waals surface area contributed by atoms with Gasteiger partial charge in [-0.3, -0.25) is 0 Å². The Morgan fingerprint density at radius 2 is 2.10 bits per heavy atom. The zero-order valence-electron chi connectivity index (χ0n) is 5.74. The van der Waals surface area contributed by atoms with Crippen LogP contribution in [0.25, 0.3) is 0 Å². The first-order valence-electron chi connectivity index (χ1n) is 3.45. The maximum atomic E-state index is 12.7. The van der Waals surface area contributed by atoms with Crippen molar-refractivity contribution in [3.05, 3.63) is 0 Å². The monoisotopic (exact) mass is 150 g/mol. The highest BCUT2D eigenvalue weighted by Gasteiger charge is 2.41. The Kier molecular flexibility index (Phi) is 2.21. The van der Waals surface area contributed by atoms with Gasteiger partial charge >= 0.3 is 0 Å². The molecule has 1 saturated heterocycles. The number of halogens is 2. The molecule has 0 atom stereocenters. The number of rotatable bonds is 3. The standard InChI is InChI=1S/C6H12F2N2/c7-6(8,1-2-9)5-3-10-4-5/h5,10H,1-4,9H2. The van der Waals surface area contributed by atoms with Gasteiger partial charge in [0.1, 0.15) is 0 Å². The van der Waals surface area contributed by atoms with Crippen LogP contribution in [0.2, 0.25) is 0 Å². The van der Waals surface area contributed by atoms with Crippen molar-refractivity contribution in [2.75, 3.05) is 19.6 Å². The summed E-state index contributed by atoms with van der Waals surface area (Å²) in [6.45, 7) is 0.948. The van der Waals surface area contributed by atoms with Gasteiger partial charge in [-0.05, 0) is 6.54 Å². The van der Waals surface area contributed by atoms with Crippen LogP contribution < -0.4 is 11.1 Å². The molecule has 0 aliphatic carbocycles. The summed E-state index contributed by atoms with van der Waals surface area (Å²) >= 11 is 0. The molecule has 0 aromatic carbocycles. The van der Waals surface area contributed by atoms with E-state index < -0.39 is 11.8 Å². The van der Waals surface area contributed by atoms with Gasteiger partial charge in [0, 0.05) is 25.4 Å². The van der Waals surface area contributed by atoms with Gasteiger partial charge in [0.15, 0.2) is 0 Å². The molecule has 3 N–H and O–H groups in total. The van der Waals surface area contributed by atoms with Gasteiger partial charge in [0.25, 0.3) is 5.92 Å². The molecule has 0 bridgehead atoms. The highest BCUT2D eigenvalue weighted by Crippen LogP contribution is 2.30. The van der Waals surface area contributed by atoms with Crippen molar-refractivity contribution in [3.8, 4) is 0 Å². The summed E-state index contributed by atoms with van der Waals surface area (Å²) in [6, 6.07) is 0. The normalized spacial score (nSPS) is 20.7. The molecule has 10 heavy (non-hydrogen) atoms. The molecule has 0 aromatic rings. The minimum atomic E-state index is -2.54. The van der Waals surface area contributed by atoms with Gasteiger partial charge in [-0.15, -0.1) is 0 Å². The van der Waals surface area contributed by atoms with E-state index in [1.54, 1.807) is 0 Å². The molecule has 2 nitrogen and oxygen atoms in total. The third-order valence-electron chi connectivity index (χ3n) is 1.86. The van der Waals surface area contributed by atoms with Gasteiger partial charge in [-0.2, -0.15) is 0 Å². The molecule has 0 unspecified atom stereocenters. The predicted molar refractivity (Wildman–Crippen MR) is 35.0 cm³/mol. The van der Waals surface area contributed by atoms with E-state index in [2.05, 4.69) is 5.32 Å². The Bertz CT molecular complexity index is 112. The Labute approximate surface area is 58.8 Å². The lowest BCUT2D eigenvalue weighted by Crippen LogP contribution is -2.52. The van der Waals surface area contributed by atoms with Crippen molar-refractivity contribution in [3.63, 3.8) is 0 Å². The van der Waals surface area contributed by atoms with Crippen molar-refractivity contribution >= 4 is 0 Å². The Hall–Kier alpha value is -0.220. The number of hydrogen-bond donors (Lipinski definition) is 2. The van der Waals surface area contributed by atoms with E-state index in [1.165, 1.54) is 0 Å². The van der Waals surface area contributed by atoms with Crippen molar-refractivity contribution in [2.24, 2.45) is 11.7 Å². The first-order valence-corrected chi connectivity index (χ1v) is 3.45. The van der Waals surface area contributed by atoms with Gasteiger partial charge in [-0.1, -0.05) is 0 Å². The van der Waals surface area contributed by atoms with E-state index in [1.807, 2.05) is 0 Å². The summed E-state index contributed by atoms with van der Waals surface area (Å²) in [5, 5.41) is 2.80. The third-order valence-corrected chi connectivity index (χ3v) is 1.86. The van der Waals surface area contributed by atoms with E-state index in [0.717, 1.165) is 0 Å². The second-order valence-corrected chi connectivity index (χ2v) is 2.65. The SMILES string of the molecule is NCCC(F)(F)C1CNC1. The molecular formula is C6H12F2N2. The second kappa shape index (κ2) is 2.80. The van der Waals surface area contributed by atoms with Gasteiger partial charge in [0.2, 0.25) is 0 Å². The van der Waals surface area contributed by atoms with E-state index in [-0.39, 0.29) is 13.0 Å². The maximum absolute atomic E-state index is 12.7. The summed E-state index contributed by atoms with van der Waals surface area (Å²) in [5.74, 6) is -3.02. The molecule has 4 heteroatoms. The lowest BCUT2D eigenvalue weighted by atomic mass is 9.93. The fourth-order valence-electron chi connectivity index (χ4n) is 0.984. The van der Waals surface area contributed by atoms with Crippen molar-refractivity contribution in [1.82, 2.24) is 5.32 Å². The van der Waals surface area contributed by atoms with Gasteiger partial charge in [-0.25, -0.2) is 8.78 Å². The van der Waals surface area contributed by atoms with Gasteiger partial charge < -0.3 is 11.1 Å². The minimum absolute atomic E-state index is 0.0729. The molecule has 1 fully saturated rings. The number of nitrogens with two attached hydrogens (primary N) is 1. The molecule has 0 spiro atoms. The molecule has 0 radical (unpaired) electrons. The smallest absolute Gasteiger partial charge is 0.254 e. The predicted octanol–water partition coefficient (Wildman–Crippen LogP) is 0.190. The molecule has 0 aromatic heterocycles. The van der Waals surface area contributed by atoms with Crippen LogP contribution in [0.1, 0.15) is 6.42 Å². The quantitative estimate of drug-likeness (QED) is 0.602. The van der Waals surface area contributed by atoms with Crippen LogP contribution in [0.5, 0.6) is 0 Å². The molecule has 0 amide bonds. The van der Waals surface area contributed by atoms with Crippen LogP contribution in [0.3, 0.4) is 0 Å². The summed E-state index contributed by atoms with van der Waals surface area (Å²) < 4.78 is 25.5. The van der Waals surface area contributed by atoms with Crippen molar-refractivity contribution in [1.29, 1.82) is 0 Å². The minimum Gasteiger partial charge on any atom is -0.330 e. The summed E-state index contributed by atoms with van der Waals surface area (Å²) in [4.78, 5) is 0. The van der Waals surface area contributed by atoms with Crippen LogP contribution in [-0.2, 0) is 0 Å². The average Bonchev–Trinajstić information content (AvgIpc) is 1.56. The Morgan fingerprint density at radius 3 is 2.40 bits per heavy atom. The second-order valence-electron chi connectivity index (χ2n) is 2.65. The number of alkyl halides is 2. The van der Waals surface area contributed by atoms with E-state index >= 15 is 0 Å². The lowest BCUT2D eigenvalue weighted by Gasteiger charge is -2.34. The first kappa shape index (κ1) is 7.88. The van der Waals surface area contributed by atoms with Crippen molar-refractivity contribution in [2.45, 2.75) is 12.3 Å². The molecular weight excluding hydrogens is 138 g/mol. The van der Waals surface area contributed by atoms with Crippen molar-refractivity contribution < 1.29 is 8.78 Å². The van der Waals surface area contributed by atoms with E-state index in [9.17, 15) is 8.78 Å². The van der Waals surface area contributed by atoms with Crippen LogP contribution in [0.4, 0.5) is 8.78 Å². The molecule has 1 aliphatic rings. The summed E-state index contributed by atoms with van der Waals surface area (Å²) in [7, 11) is 0. The number of hydrogen-bond acceptors (Lipinski definition) is 2. The van der Waals surface area contributed by atoms with E-state index in [4.69, 9.17) is 5.73 Å².